The maximum absolute atomic E-state index is 12.1. The minimum Gasteiger partial charge on any atom is -0.481 e. The summed E-state index contributed by atoms with van der Waals surface area (Å²) in [6, 6.07) is 0.397. The van der Waals surface area contributed by atoms with Gasteiger partial charge in [-0.1, -0.05) is 0 Å². The first kappa shape index (κ1) is 14.1. The third-order valence-electron chi connectivity index (χ3n) is 4.11. The molecule has 0 aliphatic carbocycles. The lowest BCUT2D eigenvalue weighted by Gasteiger charge is -2.28. The lowest BCUT2D eigenvalue weighted by Crippen LogP contribution is -2.49. The van der Waals surface area contributed by atoms with Crippen molar-refractivity contribution in [3.05, 3.63) is 0 Å². The summed E-state index contributed by atoms with van der Waals surface area (Å²) in [5.74, 6) is -0.776. The van der Waals surface area contributed by atoms with Gasteiger partial charge in [0.1, 0.15) is 0 Å². The summed E-state index contributed by atoms with van der Waals surface area (Å²) in [5, 5.41) is 12.4. The number of aliphatic carboxylic acids is 1. The Hall–Kier alpha value is -1.30. The largest absolute Gasteiger partial charge is 0.481 e. The van der Waals surface area contributed by atoms with Crippen molar-refractivity contribution in [1.82, 2.24) is 15.1 Å². The van der Waals surface area contributed by atoms with Crippen LogP contribution in [0.25, 0.3) is 0 Å². The number of hydrogen-bond acceptors (Lipinski definition) is 3. The first-order valence-electron chi connectivity index (χ1n) is 6.91. The predicted octanol–water partition coefficient (Wildman–Crippen LogP) is 0.587. The van der Waals surface area contributed by atoms with Crippen molar-refractivity contribution in [3.63, 3.8) is 0 Å². The number of carbonyl (C=O) groups excluding carboxylic acids is 1. The van der Waals surface area contributed by atoms with Crippen molar-refractivity contribution in [1.29, 1.82) is 0 Å². The molecular weight excluding hydrogens is 246 g/mol. The second-order valence-electron chi connectivity index (χ2n) is 6.07. The lowest BCUT2D eigenvalue weighted by molar-refractivity contribution is -0.147. The van der Waals surface area contributed by atoms with E-state index in [0.717, 1.165) is 32.6 Å². The van der Waals surface area contributed by atoms with Gasteiger partial charge in [-0.15, -0.1) is 0 Å². The smallest absolute Gasteiger partial charge is 0.320 e. The number of fused-ring (bicyclic) bond motifs is 1. The summed E-state index contributed by atoms with van der Waals surface area (Å²) in [6.45, 7) is 7.39. The quantitative estimate of drug-likeness (QED) is 0.766. The molecule has 2 fully saturated rings. The Morgan fingerprint density at radius 2 is 2.26 bits per heavy atom. The van der Waals surface area contributed by atoms with Gasteiger partial charge in [0.05, 0.1) is 11.5 Å². The van der Waals surface area contributed by atoms with Gasteiger partial charge in [-0.05, 0) is 26.7 Å². The molecule has 2 rings (SSSR count). The zero-order chi connectivity index (χ0) is 14.0. The summed E-state index contributed by atoms with van der Waals surface area (Å²) in [5.41, 5.74) is -0.711. The SMILES string of the molecule is CC(C)(CCCN1CC2CNCCN2C1=O)C(=O)O. The standard InChI is InChI=1S/C13H23N3O3/c1-13(2,11(17)18)4-3-6-15-9-10-8-14-5-7-16(10)12(15)19/h10,14H,3-9H2,1-2H3,(H,17,18). The summed E-state index contributed by atoms with van der Waals surface area (Å²) in [6.07, 6.45) is 1.33. The van der Waals surface area contributed by atoms with Crippen LogP contribution in [-0.2, 0) is 4.79 Å². The van der Waals surface area contributed by atoms with Gasteiger partial charge >= 0.3 is 12.0 Å². The fraction of sp³-hybridized carbons (Fsp3) is 0.846. The maximum Gasteiger partial charge on any atom is 0.320 e. The van der Waals surface area contributed by atoms with E-state index in [-0.39, 0.29) is 12.1 Å². The van der Waals surface area contributed by atoms with E-state index in [1.54, 1.807) is 13.8 Å². The molecule has 108 valence electrons. The summed E-state index contributed by atoms with van der Waals surface area (Å²) in [7, 11) is 0. The van der Waals surface area contributed by atoms with Crippen LogP contribution in [0.15, 0.2) is 0 Å². The van der Waals surface area contributed by atoms with E-state index >= 15 is 0 Å². The highest BCUT2D eigenvalue weighted by Crippen LogP contribution is 2.24. The van der Waals surface area contributed by atoms with Gasteiger partial charge in [0, 0.05) is 32.7 Å². The number of rotatable bonds is 5. The Labute approximate surface area is 113 Å². The van der Waals surface area contributed by atoms with Crippen LogP contribution in [0, 0.1) is 5.41 Å². The highest BCUT2D eigenvalue weighted by Gasteiger charge is 2.38. The average molecular weight is 269 g/mol. The number of hydrogen-bond donors (Lipinski definition) is 2. The number of nitrogens with one attached hydrogen (secondary N) is 1. The fourth-order valence-electron chi connectivity index (χ4n) is 2.70. The van der Waals surface area contributed by atoms with Gasteiger partial charge < -0.3 is 20.2 Å². The van der Waals surface area contributed by atoms with Crippen LogP contribution in [0.2, 0.25) is 0 Å². The van der Waals surface area contributed by atoms with E-state index in [9.17, 15) is 9.59 Å². The number of carboxylic acids is 1. The van der Waals surface area contributed by atoms with E-state index in [1.165, 1.54) is 0 Å². The second-order valence-corrected chi connectivity index (χ2v) is 6.07. The molecule has 2 aliphatic rings. The molecule has 0 saturated carbocycles. The number of urea groups is 1. The Kier molecular flexibility index (Phi) is 3.99. The van der Waals surface area contributed by atoms with Crippen molar-refractivity contribution in [2.75, 3.05) is 32.7 Å². The van der Waals surface area contributed by atoms with Gasteiger partial charge in [-0.3, -0.25) is 4.79 Å². The Morgan fingerprint density at radius 1 is 1.53 bits per heavy atom. The third-order valence-corrected chi connectivity index (χ3v) is 4.11. The summed E-state index contributed by atoms with van der Waals surface area (Å²) in [4.78, 5) is 26.9. The Morgan fingerprint density at radius 3 is 2.89 bits per heavy atom. The highest BCUT2D eigenvalue weighted by molar-refractivity contribution is 5.77. The first-order chi connectivity index (χ1) is 8.92. The van der Waals surface area contributed by atoms with Crippen LogP contribution in [0.4, 0.5) is 4.79 Å². The molecule has 19 heavy (non-hydrogen) atoms. The first-order valence-corrected chi connectivity index (χ1v) is 6.91. The van der Waals surface area contributed by atoms with Gasteiger partial charge in [0.2, 0.25) is 0 Å². The van der Waals surface area contributed by atoms with Crippen molar-refractivity contribution >= 4 is 12.0 Å². The van der Waals surface area contributed by atoms with Crippen molar-refractivity contribution < 1.29 is 14.7 Å². The van der Waals surface area contributed by atoms with Crippen LogP contribution in [-0.4, -0.2) is 65.7 Å². The van der Waals surface area contributed by atoms with E-state index in [0.29, 0.717) is 13.0 Å². The maximum atomic E-state index is 12.1. The molecule has 2 N–H and O–H groups in total. The number of carboxylic acid groups (broad SMARTS) is 1. The van der Waals surface area contributed by atoms with Crippen LogP contribution < -0.4 is 5.32 Å². The van der Waals surface area contributed by atoms with Crippen LogP contribution in [0.3, 0.4) is 0 Å². The number of amides is 2. The average Bonchev–Trinajstić information content (AvgIpc) is 2.67. The normalized spacial score (nSPS) is 23.7. The molecule has 1 unspecified atom stereocenters. The fourth-order valence-corrected chi connectivity index (χ4v) is 2.70. The van der Waals surface area contributed by atoms with Gasteiger partial charge in [0.25, 0.3) is 0 Å². The zero-order valence-corrected chi connectivity index (χ0v) is 11.7. The number of nitrogens with zero attached hydrogens (tertiary/aromatic N) is 2. The van der Waals surface area contributed by atoms with Gasteiger partial charge in [0.15, 0.2) is 0 Å². The summed E-state index contributed by atoms with van der Waals surface area (Å²) >= 11 is 0. The van der Waals surface area contributed by atoms with Crippen molar-refractivity contribution in [3.8, 4) is 0 Å². The van der Waals surface area contributed by atoms with Crippen LogP contribution in [0.1, 0.15) is 26.7 Å². The zero-order valence-electron chi connectivity index (χ0n) is 11.7. The van der Waals surface area contributed by atoms with Gasteiger partial charge in [-0.2, -0.15) is 0 Å². The molecular formula is C13H23N3O3. The Balaban J connectivity index is 1.81. The topological polar surface area (TPSA) is 72.9 Å². The van der Waals surface area contributed by atoms with E-state index < -0.39 is 11.4 Å². The van der Waals surface area contributed by atoms with Crippen molar-refractivity contribution in [2.24, 2.45) is 5.41 Å². The van der Waals surface area contributed by atoms with E-state index in [1.807, 2.05) is 9.80 Å². The molecule has 2 heterocycles. The predicted molar refractivity (Wildman–Crippen MR) is 71.0 cm³/mol. The molecule has 0 aromatic carbocycles. The minimum absolute atomic E-state index is 0.111. The minimum atomic E-state index is -0.776. The molecule has 0 radical (unpaired) electrons. The van der Waals surface area contributed by atoms with Crippen LogP contribution in [0.5, 0.6) is 0 Å². The molecule has 0 spiro atoms. The molecule has 0 aromatic rings. The Bertz CT molecular complexity index is 370. The van der Waals surface area contributed by atoms with E-state index in [2.05, 4.69) is 5.32 Å². The van der Waals surface area contributed by atoms with E-state index in [4.69, 9.17) is 5.11 Å². The third kappa shape index (κ3) is 3.00. The van der Waals surface area contributed by atoms with Gasteiger partial charge in [-0.25, -0.2) is 4.79 Å². The highest BCUT2D eigenvalue weighted by atomic mass is 16.4. The molecule has 6 heteroatoms. The monoisotopic (exact) mass is 269 g/mol. The van der Waals surface area contributed by atoms with Crippen molar-refractivity contribution in [2.45, 2.75) is 32.7 Å². The molecule has 2 aliphatic heterocycles. The molecule has 0 aromatic heterocycles. The number of carbonyl (C=O) groups is 2. The number of piperazine rings is 1. The molecule has 0 bridgehead atoms. The molecule has 2 amide bonds. The van der Waals surface area contributed by atoms with Crippen LogP contribution >= 0.6 is 0 Å². The molecule has 6 nitrogen and oxygen atoms in total. The lowest BCUT2D eigenvalue weighted by atomic mass is 9.88. The molecule has 1 atom stereocenters. The molecule has 2 saturated heterocycles. The second kappa shape index (κ2) is 5.36. The summed E-state index contributed by atoms with van der Waals surface area (Å²) < 4.78 is 0.